The van der Waals surface area contributed by atoms with Crippen LogP contribution in [0.15, 0.2) is 34.2 Å². The van der Waals surface area contributed by atoms with Crippen LogP contribution >= 0.6 is 34.7 Å². The van der Waals surface area contributed by atoms with E-state index in [9.17, 15) is 4.79 Å². The largest absolute Gasteiger partial charge is 0.309 e. The quantitative estimate of drug-likeness (QED) is 0.327. The molecule has 0 aliphatic heterocycles. The molecule has 4 aromatic rings. The Morgan fingerprint density at radius 2 is 1.97 bits per heavy atom. The van der Waals surface area contributed by atoms with Crippen molar-refractivity contribution in [2.75, 3.05) is 0 Å². The molecule has 166 valence electrons. The number of aryl methyl sites for hydroxylation is 2. The van der Waals surface area contributed by atoms with Gasteiger partial charge in [0.25, 0.3) is 5.56 Å². The van der Waals surface area contributed by atoms with E-state index in [1.165, 1.54) is 12.8 Å². The SMILES string of the molecule is Cc1sc2nc(C(C)Sc3nnc(-c4ccccc4Cl)n3C3CCCC3)[nH]c(=O)c2c1C. The smallest absolute Gasteiger partial charge is 0.259 e. The van der Waals surface area contributed by atoms with Crippen LogP contribution in [0.2, 0.25) is 5.02 Å². The first-order chi connectivity index (χ1) is 15.4. The van der Waals surface area contributed by atoms with E-state index < -0.39 is 0 Å². The van der Waals surface area contributed by atoms with Crippen LogP contribution in [0.1, 0.15) is 60.2 Å². The number of hydrogen-bond donors (Lipinski definition) is 1. The van der Waals surface area contributed by atoms with Gasteiger partial charge in [0.05, 0.1) is 15.7 Å². The fraction of sp³-hybridized carbons (Fsp3) is 0.391. The van der Waals surface area contributed by atoms with Crippen molar-refractivity contribution >= 4 is 44.9 Å². The Morgan fingerprint density at radius 3 is 2.72 bits per heavy atom. The van der Waals surface area contributed by atoms with Gasteiger partial charge in [0.2, 0.25) is 0 Å². The van der Waals surface area contributed by atoms with Gasteiger partial charge in [0, 0.05) is 16.5 Å². The van der Waals surface area contributed by atoms with Crippen molar-refractivity contribution < 1.29 is 0 Å². The van der Waals surface area contributed by atoms with Crippen LogP contribution < -0.4 is 5.56 Å². The van der Waals surface area contributed by atoms with Gasteiger partial charge < -0.3 is 4.98 Å². The maximum Gasteiger partial charge on any atom is 0.259 e. The van der Waals surface area contributed by atoms with E-state index >= 15 is 0 Å². The second kappa shape index (κ2) is 8.65. The van der Waals surface area contributed by atoms with Crippen molar-refractivity contribution in [3.8, 4) is 11.4 Å². The summed E-state index contributed by atoms with van der Waals surface area (Å²) in [6.07, 6.45) is 4.61. The average Bonchev–Trinajstić information content (AvgIpc) is 3.48. The monoisotopic (exact) mass is 485 g/mol. The number of fused-ring (bicyclic) bond motifs is 1. The molecule has 0 radical (unpaired) electrons. The molecule has 0 amide bonds. The van der Waals surface area contributed by atoms with Crippen LogP contribution in [-0.2, 0) is 0 Å². The highest BCUT2D eigenvalue weighted by Crippen LogP contribution is 2.41. The van der Waals surface area contributed by atoms with E-state index in [0.29, 0.717) is 22.3 Å². The number of halogens is 1. The number of benzene rings is 1. The van der Waals surface area contributed by atoms with E-state index in [1.807, 2.05) is 45.0 Å². The Kier molecular flexibility index (Phi) is 5.86. The molecular formula is C23H24ClN5OS2. The Bertz CT molecular complexity index is 1350. The number of H-pyrrole nitrogens is 1. The van der Waals surface area contributed by atoms with Gasteiger partial charge in [-0.3, -0.25) is 9.36 Å². The summed E-state index contributed by atoms with van der Waals surface area (Å²) in [5.74, 6) is 1.47. The topological polar surface area (TPSA) is 76.5 Å². The third kappa shape index (κ3) is 3.78. The summed E-state index contributed by atoms with van der Waals surface area (Å²) in [4.78, 5) is 22.5. The molecule has 1 fully saturated rings. The van der Waals surface area contributed by atoms with Crippen molar-refractivity contribution in [2.24, 2.45) is 0 Å². The molecule has 32 heavy (non-hydrogen) atoms. The molecule has 3 heterocycles. The third-order valence-electron chi connectivity index (χ3n) is 6.19. The van der Waals surface area contributed by atoms with Crippen LogP contribution in [0.3, 0.4) is 0 Å². The molecule has 1 N–H and O–H groups in total. The molecular weight excluding hydrogens is 462 g/mol. The van der Waals surface area contributed by atoms with Gasteiger partial charge in [0.1, 0.15) is 10.7 Å². The van der Waals surface area contributed by atoms with Gasteiger partial charge in [-0.1, -0.05) is 48.3 Å². The van der Waals surface area contributed by atoms with Gasteiger partial charge in [-0.15, -0.1) is 21.5 Å². The van der Waals surface area contributed by atoms with Gasteiger partial charge in [-0.05, 0) is 51.3 Å². The molecule has 9 heteroatoms. The zero-order chi connectivity index (χ0) is 22.4. The highest BCUT2D eigenvalue weighted by atomic mass is 35.5. The van der Waals surface area contributed by atoms with E-state index in [1.54, 1.807) is 23.1 Å². The zero-order valence-electron chi connectivity index (χ0n) is 18.2. The third-order valence-corrected chi connectivity index (χ3v) is 8.69. The van der Waals surface area contributed by atoms with Crippen molar-refractivity contribution in [1.82, 2.24) is 24.7 Å². The van der Waals surface area contributed by atoms with Crippen LogP contribution in [0.25, 0.3) is 21.6 Å². The highest BCUT2D eigenvalue weighted by molar-refractivity contribution is 7.99. The van der Waals surface area contributed by atoms with E-state index in [4.69, 9.17) is 16.6 Å². The first kappa shape index (κ1) is 21.7. The van der Waals surface area contributed by atoms with Crippen molar-refractivity contribution in [1.29, 1.82) is 0 Å². The van der Waals surface area contributed by atoms with Gasteiger partial charge in [-0.2, -0.15) is 0 Å². The lowest BCUT2D eigenvalue weighted by Gasteiger charge is -2.18. The van der Waals surface area contributed by atoms with E-state index in [0.717, 1.165) is 44.7 Å². The van der Waals surface area contributed by atoms with Crippen LogP contribution in [-0.4, -0.2) is 24.7 Å². The van der Waals surface area contributed by atoms with Gasteiger partial charge >= 0.3 is 0 Å². The summed E-state index contributed by atoms with van der Waals surface area (Å²) in [7, 11) is 0. The van der Waals surface area contributed by atoms with E-state index in [2.05, 4.69) is 19.7 Å². The van der Waals surface area contributed by atoms with Crippen LogP contribution in [0.5, 0.6) is 0 Å². The maximum atomic E-state index is 12.7. The second-order valence-corrected chi connectivity index (χ2v) is 11.2. The maximum absolute atomic E-state index is 12.7. The number of thioether (sulfide) groups is 1. The Labute approximate surface area is 199 Å². The summed E-state index contributed by atoms with van der Waals surface area (Å²) in [5, 5.41) is 11.2. The summed E-state index contributed by atoms with van der Waals surface area (Å²) in [6.45, 7) is 6.05. The molecule has 1 saturated carbocycles. The number of rotatable bonds is 5. The molecule has 6 nitrogen and oxygen atoms in total. The Morgan fingerprint density at radius 1 is 1.22 bits per heavy atom. The van der Waals surface area contributed by atoms with Crippen LogP contribution in [0.4, 0.5) is 0 Å². The van der Waals surface area contributed by atoms with Gasteiger partial charge in [0.15, 0.2) is 11.0 Å². The van der Waals surface area contributed by atoms with Crippen LogP contribution in [0, 0.1) is 13.8 Å². The van der Waals surface area contributed by atoms with Crippen molar-refractivity contribution in [3.05, 3.63) is 55.9 Å². The molecule has 5 rings (SSSR count). The predicted molar refractivity (Wildman–Crippen MR) is 132 cm³/mol. The average molecular weight is 486 g/mol. The fourth-order valence-electron chi connectivity index (χ4n) is 4.35. The summed E-state index contributed by atoms with van der Waals surface area (Å²) < 4.78 is 2.24. The minimum Gasteiger partial charge on any atom is -0.309 e. The number of aromatic amines is 1. The molecule has 0 bridgehead atoms. The van der Waals surface area contributed by atoms with Crippen molar-refractivity contribution in [2.45, 2.75) is 62.9 Å². The molecule has 1 aliphatic rings. The molecule has 0 spiro atoms. The summed E-state index contributed by atoms with van der Waals surface area (Å²) >= 11 is 9.65. The Balaban J connectivity index is 1.53. The number of nitrogens with one attached hydrogen (secondary N) is 1. The molecule has 1 aromatic carbocycles. The van der Waals surface area contributed by atoms with Crippen molar-refractivity contribution in [3.63, 3.8) is 0 Å². The molecule has 3 aromatic heterocycles. The lowest BCUT2D eigenvalue weighted by molar-refractivity contribution is 0.485. The predicted octanol–water partition coefficient (Wildman–Crippen LogP) is 6.48. The molecule has 1 atom stereocenters. The second-order valence-electron chi connectivity index (χ2n) is 8.27. The normalized spacial score (nSPS) is 15.6. The first-order valence-electron chi connectivity index (χ1n) is 10.8. The highest BCUT2D eigenvalue weighted by Gasteiger charge is 2.27. The zero-order valence-corrected chi connectivity index (χ0v) is 20.6. The summed E-state index contributed by atoms with van der Waals surface area (Å²) in [5.41, 5.74) is 1.83. The lowest BCUT2D eigenvalue weighted by Crippen LogP contribution is -2.13. The standard InChI is InChI=1S/C23H24ClN5OS2/c1-12-13(2)31-22-18(12)21(30)25-19(26-22)14(3)32-23-28-27-20(16-10-6-7-11-17(16)24)29(23)15-8-4-5-9-15/h6-7,10-11,14-15H,4-5,8-9H2,1-3H3,(H,25,26,30). The number of aromatic nitrogens is 5. The number of thiophene rings is 1. The molecule has 0 saturated heterocycles. The molecule has 1 unspecified atom stereocenters. The molecule has 1 aliphatic carbocycles. The van der Waals surface area contributed by atoms with Gasteiger partial charge in [-0.25, -0.2) is 4.98 Å². The fourth-order valence-corrected chi connectivity index (χ4v) is 6.59. The Hall–Kier alpha value is -2.16. The number of nitrogens with zero attached hydrogens (tertiary/aromatic N) is 4. The minimum atomic E-state index is -0.0849. The summed E-state index contributed by atoms with van der Waals surface area (Å²) in [6, 6.07) is 8.12. The number of hydrogen-bond acceptors (Lipinski definition) is 6. The lowest BCUT2D eigenvalue weighted by atomic mass is 10.2. The first-order valence-corrected chi connectivity index (χ1v) is 12.9. The van der Waals surface area contributed by atoms with E-state index in [-0.39, 0.29) is 10.8 Å². The minimum absolute atomic E-state index is 0.0756.